The molecular formula is C17H16ClN5O3S. The number of rotatable bonds is 6. The molecular weight excluding hydrogens is 390 g/mol. The smallest absolute Gasteiger partial charge is 0.330 e. The summed E-state index contributed by atoms with van der Waals surface area (Å²) >= 11 is 7.54. The summed E-state index contributed by atoms with van der Waals surface area (Å²) in [5.41, 5.74) is 2.12. The minimum atomic E-state index is -0.990. The molecule has 2 aromatic heterocycles. The Bertz CT molecular complexity index is 957. The predicted molar refractivity (Wildman–Crippen MR) is 102 cm³/mol. The second-order valence-corrected chi connectivity index (χ2v) is 6.88. The van der Waals surface area contributed by atoms with E-state index in [0.717, 1.165) is 15.9 Å². The standard InChI is InChI=1S/C17H16ClN5O3S/c1-10-13(18)4-3-5-14(10)19-17(25)11(2)26-15(24)8-23-21-16(20-22-23)12-6-7-27-9-12/h3-7,9,11H,8H2,1-2H3,(H,19,25)/t11-/m1/s1. The predicted octanol–water partition coefficient (Wildman–Crippen LogP) is 2.93. The van der Waals surface area contributed by atoms with Gasteiger partial charge in [0.2, 0.25) is 5.82 Å². The van der Waals surface area contributed by atoms with Crippen molar-refractivity contribution in [3.63, 3.8) is 0 Å². The highest BCUT2D eigenvalue weighted by molar-refractivity contribution is 7.08. The molecule has 0 aliphatic rings. The van der Waals surface area contributed by atoms with Crippen molar-refractivity contribution in [3.8, 4) is 11.4 Å². The minimum absolute atomic E-state index is 0.245. The van der Waals surface area contributed by atoms with Crippen LogP contribution in [0.3, 0.4) is 0 Å². The molecule has 1 N–H and O–H groups in total. The molecule has 1 atom stereocenters. The van der Waals surface area contributed by atoms with Gasteiger partial charge < -0.3 is 10.1 Å². The summed E-state index contributed by atoms with van der Waals surface area (Å²) in [4.78, 5) is 25.4. The number of tetrazole rings is 1. The minimum Gasteiger partial charge on any atom is -0.451 e. The monoisotopic (exact) mass is 405 g/mol. The molecule has 1 aromatic carbocycles. The number of thiophene rings is 1. The fourth-order valence-electron chi connectivity index (χ4n) is 2.20. The molecule has 27 heavy (non-hydrogen) atoms. The van der Waals surface area contributed by atoms with Gasteiger partial charge >= 0.3 is 5.97 Å². The maximum absolute atomic E-state index is 12.2. The molecule has 0 unspecified atom stereocenters. The number of hydrogen-bond acceptors (Lipinski definition) is 7. The number of carbonyl (C=O) groups excluding carboxylic acids is 2. The molecule has 0 radical (unpaired) electrons. The zero-order chi connectivity index (χ0) is 19.4. The van der Waals surface area contributed by atoms with Crippen LogP contribution in [0.25, 0.3) is 11.4 Å². The van der Waals surface area contributed by atoms with Crippen LogP contribution in [0.4, 0.5) is 5.69 Å². The number of halogens is 1. The van der Waals surface area contributed by atoms with Gasteiger partial charge in [-0.25, -0.2) is 4.79 Å². The van der Waals surface area contributed by atoms with E-state index in [-0.39, 0.29) is 6.54 Å². The molecule has 0 aliphatic heterocycles. The molecule has 0 saturated carbocycles. The molecule has 0 saturated heterocycles. The number of carbonyl (C=O) groups is 2. The number of aromatic nitrogens is 4. The Hall–Kier alpha value is -2.78. The number of hydrogen-bond donors (Lipinski definition) is 1. The molecule has 3 aromatic rings. The van der Waals surface area contributed by atoms with Gasteiger partial charge in [0.25, 0.3) is 5.91 Å². The maximum atomic E-state index is 12.2. The summed E-state index contributed by atoms with van der Waals surface area (Å²) in [5.74, 6) is -0.680. The Balaban J connectivity index is 1.55. The lowest BCUT2D eigenvalue weighted by Crippen LogP contribution is -2.31. The Morgan fingerprint density at radius 2 is 2.19 bits per heavy atom. The summed E-state index contributed by atoms with van der Waals surface area (Å²) in [6, 6.07) is 7.03. The van der Waals surface area contributed by atoms with Crippen LogP contribution in [0.5, 0.6) is 0 Å². The normalized spacial score (nSPS) is 11.8. The van der Waals surface area contributed by atoms with Crippen molar-refractivity contribution in [1.82, 2.24) is 20.2 Å². The lowest BCUT2D eigenvalue weighted by atomic mass is 10.2. The van der Waals surface area contributed by atoms with E-state index in [2.05, 4.69) is 20.7 Å². The fraction of sp³-hybridized carbons (Fsp3) is 0.235. The Kier molecular flexibility index (Phi) is 5.82. The van der Waals surface area contributed by atoms with Gasteiger partial charge in [0.1, 0.15) is 0 Å². The van der Waals surface area contributed by atoms with Crippen LogP contribution in [-0.2, 0) is 20.9 Å². The summed E-state index contributed by atoms with van der Waals surface area (Å²) in [6.45, 7) is 3.03. The molecule has 0 bridgehead atoms. The van der Waals surface area contributed by atoms with E-state index in [0.29, 0.717) is 16.5 Å². The van der Waals surface area contributed by atoms with E-state index in [9.17, 15) is 9.59 Å². The van der Waals surface area contributed by atoms with Crippen molar-refractivity contribution < 1.29 is 14.3 Å². The molecule has 2 heterocycles. The SMILES string of the molecule is Cc1c(Cl)cccc1NC(=O)[C@@H](C)OC(=O)Cn1nnc(-c2ccsc2)n1. The average Bonchev–Trinajstić information content (AvgIpc) is 3.30. The summed E-state index contributed by atoms with van der Waals surface area (Å²) < 4.78 is 5.15. The number of amides is 1. The molecule has 8 nitrogen and oxygen atoms in total. The van der Waals surface area contributed by atoms with E-state index in [1.165, 1.54) is 18.3 Å². The van der Waals surface area contributed by atoms with Gasteiger partial charge in [-0.3, -0.25) is 4.79 Å². The van der Waals surface area contributed by atoms with Crippen LogP contribution in [0, 0.1) is 6.92 Å². The number of nitrogens with one attached hydrogen (secondary N) is 1. The van der Waals surface area contributed by atoms with E-state index < -0.39 is 18.0 Å². The summed E-state index contributed by atoms with van der Waals surface area (Å²) in [6.07, 6.45) is -0.990. The summed E-state index contributed by atoms with van der Waals surface area (Å²) in [7, 11) is 0. The third-order valence-corrected chi connectivity index (χ3v) is 4.80. The van der Waals surface area contributed by atoms with Crippen molar-refractivity contribution in [2.45, 2.75) is 26.5 Å². The Morgan fingerprint density at radius 1 is 1.37 bits per heavy atom. The van der Waals surface area contributed by atoms with Gasteiger partial charge in [-0.1, -0.05) is 17.7 Å². The van der Waals surface area contributed by atoms with Gasteiger partial charge in [0.05, 0.1) is 0 Å². The van der Waals surface area contributed by atoms with Crippen molar-refractivity contribution in [1.29, 1.82) is 0 Å². The van der Waals surface area contributed by atoms with Gasteiger partial charge in [0.15, 0.2) is 12.6 Å². The van der Waals surface area contributed by atoms with Crippen LogP contribution < -0.4 is 5.32 Å². The third-order valence-electron chi connectivity index (χ3n) is 3.71. The molecule has 1 amide bonds. The van der Waals surface area contributed by atoms with E-state index in [4.69, 9.17) is 16.3 Å². The largest absolute Gasteiger partial charge is 0.451 e. The first-order valence-electron chi connectivity index (χ1n) is 8.00. The third kappa shape index (κ3) is 4.69. The van der Waals surface area contributed by atoms with Crippen LogP contribution in [-0.4, -0.2) is 38.2 Å². The van der Waals surface area contributed by atoms with Crippen LogP contribution >= 0.6 is 22.9 Å². The highest BCUT2D eigenvalue weighted by Crippen LogP contribution is 2.23. The number of benzene rings is 1. The first kappa shape index (κ1) is 19.0. The fourth-order valence-corrected chi connectivity index (χ4v) is 3.01. The molecule has 0 spiro atoms. The molecule has 3 rings (SSSR count). The number of esters is 1. The van der Waals surface area contributed by atoms with Gasteiger partial charge in [-0.15, -0.1) is 10.2 Å². The second-order valence-electron chi connectivity index (χ2n) is 5.69. The van der Waals surface area contributed by atoms with E-state index in [1.54, 1.807) is 25.1 Å². The van der Waals surface area contributed by atoms with Crippen LogP contribution in [0.2, 0.25) is 5.02 Å². The lowest BCUT2D eigenvalue weighted by Gasteiger charge is -2.15. The first-order valence-corrected chi connectivity index (χ1v) is 9.32. The molecule has 140 valence electrons. The number of nitrogens with zero attached hydrogens (tertiary/aromatic N) is 4. The van der Waals surface area contributed by atoms with Crippen molar-refractivity contribution >= 4 is 40.5 Å². The number of ether oxygens (including phenoxy) is 1. The molecule has 0 aliphatic carbocycles. The Labute approximate surface area is 164 Å². The van der Waals surface area contributed by atoms with Crippen molar-refractivity contribution in [2.75, 3.05) is 5.32 Å². The van der Waals surface area contributed by atoms with Gasteiger partial charge in [0, 0.05) is 21.7 Å². The van der Waals surface area contributed by atoms with Gasteiger partial charge in [-0.05, 0) is 48.2 Å². The quantitative estimate of drug-likeness (QED) is 0.633. The zero-order valence-electron chi connectivity index (χ0n) is 14.5. The highest BCUT2D eigenvalue weighted by Gasteiger charge is 2.20. The van der Waals surface area contributed by atoms with E-state index in [1.807, 2.05) is 16.8 Å². The first-order chi connectivity index (χ1) is 12.9. The molecule has 10 heteroatoms. The van der Waals surface area contributed by atoms with Gasteiger partial charge in [-0.2, -0.15) is 16.1 Å². The second kappa shape index (κ2) is 8.28. The van der Waals surface area contributed by atoms with Crippen LogP contribution in [0.1, 0.15) is 12.5 Å². The van der Waals surface area contributed by atoms with Crippen molar-refractivity contribution in [2.24, 2.45) is 0 Å². The topological polar surface area (TPSA) is 99.0 Å². The lowest BCUT2D eigenvalue weighted by molar-refractivity contribution is -0.154. The summed E-state index contributed by atoms with van der Waals surface area (Å²) in [5, 5.41) is 18.8. The Morgan fingerprint density at radius 3 is 2.93 bits per heavy atom. The average molecular weight is 406 g/mol. The van der Waals surface area contributed by atoms with E-state index >= 15 is 0 Å². The maximum Gasteiger partial charge on any atom is 0.330 e. The number of anilines is 1. The van der Waals surface area contributed by atoms with Crippen LogP contribution in [0.15, 0.2) is 35.0 Å². The van der Waals surface area contributed by atoms with Crippen molar-refractivity contribution in [3.05, 3.63) is 45.6 Å². The highest BCUT2D eigenvalue weighted by atomic mass is 35.5. The molecule has 0 fully saturated rings. The zero-order valence-corrected chi connectivity index (χ0v) is 16.1.